The predicted molar refractivity (Wildman–Crippen MR) is 142 cm³/mol. The van der Waals surface area contributed by atoms with Crippen LogP contribution in [0.1, 0.15) is 37.7 Å². The Bertz CT molecular complexity index is 1080. The second-order valence-corrected chi connectivity index (χ2v) is 8.87. The number of benzene rings is 1. The van der Waals surface area contributed by atoms with Crippen molar-refractivity contribution in [2.75, 3.05) is 6.54 Å². The maximum absolute atomic E-state index is 13.0. The first kappa shape index (κ1) is 33.3. The van der Waals surface area contributed by atoms with Crippen molar-refractivity contribution in [1.82, 2.24) is 16.0 Å². The van der Waals surface area contributed by atoms with E-state index in [0.717, 1.165) is 5.56 Å². The normalized spacial score (nSPS) is 13.5. The van der Waals surface area contributed by atoms with Crippen LogP contribution >= 0.6 is 0 Å². The van der Waals surface area contributed by atoms with Crippen LogP contribution in [-0.4, -0.2) is 82.5 Å². The second-order valence-electron chi connectivity index (χ2n) is 8.87. The molecule has 1 aromatic carbocycles. The molecule has 4 unspecified atom stereocenters. The molecule has 4 atom stereocenters. The number of nitrogens with two attached hydrogens (primary N) is 4. The lowest BCUT2D eigenvalue weighted by Gasteiger charge is -2.24. The Balaban J connectivity index is 2.98. The zero-order valence-electron chi connectivity index (χ0n) is 21.7. The van der Waals surface area contributed by atoms with Gasteiger partial charge in [-0.3, -0.25) is 29.0 Å². The lowest BCUT2D eigenvalue weighted by atomic mass is 10.0. The summed E-state index contributed by atoms with van der Waals surface area (Å²) in [6.07, 6.45) is -1.27. The Labute approximate surface area is 229 Å². The Hall–Kier alpha value is -4.73. The highest BCUT2D eigenvalue weighted by Gasteiger charge is 2.31. The van der Waals surface area contributed by atoms with E-state index in [1.54, 1.807) is 30.3 Å². The van der Waals surface area contributed by atoms with Gasteiger partial charge in [-0.25, -0.2) is 4.79 Å². The third kappa shape index (κ3) is 13.2. The molecule has 0 aliphatic heterocycles. The number of carboxylic acids is 2. The molecule has 0 radical (unpaired) electrons. The molecule has 0 aliphatic rings. The highest BCUT2D eigenvalue weighted by Crippen LogP contribution is 2.06. The van der Waals surface area contributed by atoms with Gasteiger partial charge in [0.2, 0.25) is 23.6 Å². The zero-order chi connectivity index (χ0) is 30.2. The number of nitrogens with one attached hydrogen (secondary N) is 3. The van der Waals surface area contributed by atoms with Crippen molar-refractivity contribution < 1.29 is 39.0 Å². The van der Waals surface area contributed by atoms with E-state index in [-0.39, 0.29) is 44.6 Å². The fourth-order valence-corrected chi connectivity index (χ4v) is 3.48. The van der Waals surface area contributed by atoms with E-state index >= 15 is 0 Å². The highest BCUT2D eigenvalue weighted by molar-refractivity contribution is 5.95. The SMILES string of the molecule is NC(=O)CCC(NC(=O)C(N)Cc1ccccc1)C(=O)NC(CC(=O)O)C(=O)NC(CCCN=C(N)N)C(=O)O. The molecule has 13 N–H and O–H groups in total. The van der Waals surface area contributed by atoms with E-state index in [2.05, 4.69) is 20.9 Å². The number of rotatable bonds is 18. The van der Waals surface area contributed by atoms with Crippen molar-refractivity contribution in [3.05, 3.63) is 35.9 Å². The number of hydrogen-bond donors (Lipinski definition) is 9. The second kappa shape index (κ2) is 17.0. The number of nitrogens with zero attached hydrogens (tertiary/aromatic N) is 1. The lowest BCUT2D eigenvalue weighted by Crippen LogP contribution is -2.57. The number of amides is 4. The molecule has 0 saturated carbocycles. The smallest absolute Gasteiger partial charge is 0.326 e. The van der Waals surface area contributed by atoms with Crippen LogP contribution in [0.25, 0.3) is 0 Å². The molecule has 0 bridgehead atoms. The molecular formula is C24H36N8O8. The number of guanidine groups is 1. The van der Waals surface area contributed by atoms with E-state index in [9.17, 15) is 39.0 Å². The summed E-state index contributed by atoms with van der Waals surface area (Å²) in [5, 5.41) is 25.5. The van der Waals surface area contributed by atoms with E-state index in [1.807, 2.05) is 0 Å². The highest BCUT2D eigenvalue weighted by atomic mass is 16.4. The lowest BCUT2D eigenvalue weighted by molar-refractivity contribution is -0.143. The van der Waals surface area contributed by atoms with Gasteiger partial charge in [0.1, 0.15) is 18.1 Å². The zero-order valence-corrected chi connectivity index (χ0v) is 21.7. The maximum atomic E-state index is 13.0. The predicted octanol–water partition coefficient (Wildman–Crippen LogP) is -3.11. The molecule has 1 rings (SSSR count). The van der Waals surface area contributed by atoms with Gasteiger partial charge in [0, 0.05) is 13.0 Å². The number of carbonyl (C=O) groups is 6. The van der Waals surface area contributed by atoms with Crippen molar-refractivity contribution >= 4 is 41.5 Å². The molecule has 40 heavy (non-hydrogen) atoms. The maximum Gasteiger partial charge on any atom is 0.326 e. The van der Waals surface area contributed by atoms with Gasteiger partial charge in [0.15, 0.2) is 5.96 Å². The Morgan fingerprint density at radius 1 is 0.800 bits per heavy atom. The summed E-state index contributed by atoms with van der Waals surface area (Å²) in [5.41, 5.74) is 22.3. The topological polar surface area (TPSA) is 295 Å². The van der Waals surface area contributed by atoms with Gasteiger partial charge in [-0.1, -0.05) is 30.3 Å². The van der Waals surface area contributed by atoms with Gasteiger partial charge in [-0.05, 0) is 31.2 Å². The van der Waals surface area contributed by atoms with Gasteiger partial charge in [0.05, 0.1) is 12.5 Å². The van der Waals surface area contributed by atoms with Crippen LogP contribution in [0.3, 0.4) is 0 Å². The monoisotopic (exact) mass is 564 g/mol. The van der Waals surface area contributed by atoms with Crippen molar-refractivity contribution in [3.8, 4) is 0 Å². The first-order valence-corrected chi connectivity index (χ1v) is 12.3. The van der Waals surface area contributed by atoms with Crippen LogP contribution < -0.4 is 38.9 Å². The quantitative estimate of drug-likeness (QED) is 0.0488. The Morgan fingerprint density at radius 2 is 1.38 bits per heavy atom. The van der Waals surface area contributed by atoms with Crippen LogP contribution in [0.15, 0.2) is 35.3 Å². The summed E-state index contributed by atoms with van der Waals surface area (Å²) in [4.78, 5) is 76.5. The van der Waals surface area contributed by atoms with E-state index in [1.165, 1.54) is 0 Å². The minimum Gasteiger partial charge on any atom is -0.481 e. The third-order valence-electron chi connectivity index (χ3n) is 5.52. The van der Waals surface area contributed by atoms with E-state index < -0.39 is 66.2 Å². The van der Waals surface area contributed by atoms with Gasteiger partial charge >= 0.3 is 11.9 Å². The molecule has 1 aromatic rings. The molecule has 16 nitrogen and oxygen atoms in total. The molecule has 0 saturated heterocycles. The standard InChI is InChI=1S/C24H36N8O8/c25-14(11-13-5-2-1-3-6-13)20(36)30-15(8-9-18(26)33)21(37)32-17(12-19(34)35)22(38)31-16(23(39)40)7-4-10-29-24(27)28/h1-3,5-6,14-17H,4,7-12,25H2,(H2,26,33)(H,30,36)(H,31,38)(H,32,37)(H,34,35)(H,39,40)(H4,27,28,29). The average Bonchev–Trinajstić information content (AvgIpc) is 2.87. The third-order valence-corrected chi connectivity index (χ3v) is 5.52. The first-order valence-electron chi connectivity index (χ1n) is 12.3. The van der Waals surface area contributed by atoms with Crippen molar-refractivity contribution in [1.29, 1.82) is 0 Å². The Kier molecular flexibility index (Phi) is 14.1. The van der Waals surface area contributed by atoms with Crippen molar-refractivity contribution in [3.63, 3.8) is 0 Å². The van der Waals surface area contributed by atoms with Crippen molar-refractivity contribution in [2.24, 2.45) is 27.9 Å². The summed E-state index contributed by atoms with van der Waals surface area (Å²) in [7, 11) is 0. The number of carbonyl (C=O) groups excluding carboxylic acids is 4. The molecule has 0 aromatic heterocycles. The van der Waals surface area contributed by atoms with E-state index in [0.29, 0.717) is 0 Å². The van der Waals surface area contributed by atoms with Gasteiger partial charge < -0.3 is 49.1 Å². The number of aliphatic imine (C=N–C) groups is 1. The molecule has 0 heterocycles. The van der Waals surface area contributed by atoms with E-state index in [4.69, 9.17) is 22.9 Å². The van der Waals surface area contributed by atoms with Crippen LogP contribution in [0.4, 0.5) is 0 Å². The fourth-order valence-electron chi connectivity index (χ4n) is 3.48. The minimum absolute atomic E-state index is 0.0882. The van der Waals surface area contributed by atoms with Gasteiger partial charge in [-0.15, -0.1) is 0 Å². The van der Waals surface area contributed by atoms with Gasteiger partial charge in [-0.2, -0.15) is 0 Å². The van der Waals surface area contributed by atoms with Crippen LogP contribution in [0.5, 0.6) is 0 Å². The fraction of sp³-hybridized carbons (Fsp3) is 0.458. The van der Waals surface area contributed by atoms with Gasteiger partial charge in [0.25, 0.3) is 0 Å². The summed E-state index contributed by atoms with van der Waals surface area (Å²) < 4.78 is 0. The molecule has 0 fully saturated rings. The number of aliphatic carboxylic acids is 2. The molecule has 0 spiro atoms. The van der Waals surface area contributed by atoms with Crippen LogP contribution in [0, 0.1) is 0 Å². The number of carboxylic acid groups (broad SMARTS) is 2. The summed E-state index contributed by atoms with van der Waals surface area (Å²) in [6, 6.07) is 3.20. The molecule has 4 amide bonds. The van der Waals surface area contributed by atoms with Crippen LogP contribution in [-0.2, 0) is 35.2 Å². The molecule has 220 valence electrons. The number of hydrogen-bond acceptors (Lipinski definition) is 8. The Morgan fingerprint density at radius 3 is 1.93 bits per heavy atom. The molecule has 0 aliphatic carbocycles. The summed E-state index contributed by atoms with van der Waals surface area (Å²) in [6.45, 7) is 0.0882. The summed E-state index contributed by atoms with van der Waals surface area (Å²) >= 11 is 0. The largest absolute Gasteiger partial charge is 0.481 e. The average molecular weight is 565 g/mol. The first-order chi connectivity index (χ1) is 18.8. The molecule has 16 heteroatoms. The summed E-state index contributed by atoms with van der Waals surface area (Å²) in [5.74, 6) is -6.67. The van der Waals surface area contributed by atoms with Crippen molar-refractivity contribution in [2.45, 2.75) is 62.7 Å². The minimum atomic E-state index is -1.71. The molecular weight excluding hydrogens is 528 g/mol. The van der Waals surface area contributed by atoms with Crippen LogP contribution in [0.2, 0.25) is 0 Å². The number of primary amides is 1.